The second-order valence-electron chi connectivity index (χ2n) is 6.78. The molecule has 2 saturated heterocycles. The van der Waals surface area contributed by atoms with E-state index in [0.717, 1.165) is 32.3 Å². The van der Waals surface area contributed by atoms with Crippen molar-refractivity contribution in [2.24, 2.45) is 5.92 Å². The summed E-state index contributed by atoms with van der Waals surface area (Å²) in [6.45, 7) is 7.19. The SMILES string of the molecule is CC(C)CCO[C@@H]1CCN(C(=O)c2ncoc2[C@H]2CCCO2)C1. The molecule has 2 atom stereocenters. The third-order valence-electron chi connectivity index (χ3n) is 4.50. The zero-order valence-corrected chi connectivity index (χ0v) is 14.0. The first-order valence-corrected chi connectivity index (χ1v) is 8.61. The van der Waals surface area contributed by atoms with Crippen LogP contribution in [0.15, 0.2) is 10.8 Å². The van der Waals surface area contributed by atoms with Crippen molar-refractivity contribution in [1.29, 1.82) is 0 Å². The number of aromatic nitrogens is 1. The smallest absolute Gasteiger partial charge is 0.276 e. The number of likely N-dealkylation sites (tertiary alicyclic amines) is 1. The summed E-state index contributed by atoms with van der Waals surface area (Å²) in [7, 11) is 0. The van der Waals surface area contributed by atoms with Crippen molar-refractivity contribution in [3.8, 4) is 0 Å². The minimum absolute atomic E-state index is 0.0702. The molecule has 6 nitrogen and oxygen atoms in total. The molecule has 128 valence electrons. The van der Waals surface area contributed by atoms with Gasteiger partial charge in [0.1, 0.15) is 6.10 Å². The number of oxazole rings is 1. The van der Waals surface area contributed by atoms with Crippen LogP contribution >= 0.6 is 0 Å². The van der Waals surface area contributed by atoms with Gasteiger partial charge in [-0.1, -0.05) is 13.8 Å². The van der Waals surface area contributed by atoms with E-state index in [1.807, 2.05) is 4.90 Å². The van der Waals surface area contributed by atoms with Gasteiger partial charge in [0.2, 0.25) is 0 Å². The van der Waals surface area contributed by atoms with Crippen LogP contribution in [0.4, 0.5) is 0 Å². The molecule has 2 aliphatic rings. The molecule has 3 rings (SSSR count). The topological polar surface area (TPSA) is 64.8 Å². The van der Waals surface area contributed by atoms with Crippen LogP contribution in [0.3, 0.4) is 0 Å². The van der Waals surface area contributed by atoms with Gasteiger partial charge in [-0.3, -0.25) is 4.79 Å². The van der Waals surface area contributed by atoms with E-state index < -0.39 is 0 Å². The molecule has 0 saturated carbocycles. The second kappa shape index (κ2) is 7.45. The molecule has 0 radical (unpaired) electrons. The summed E-state index contributed by atoms with van der Waals surface area (Å²) in [5, 5.41) is 0. The zero-order chi connectivity index (χ0) is 16.2. The molecule has 23 heavy (non-hydrogen) atoms. The summed E-state index contributed by atoms with van der Waals surface area (Å²) in [5.74, 6) is 1.15. The third kappa shape index (κ3) is 3.93. The number of rotatable bonds is 6. The fraction of sp³-hybridized carbons (Fsp3) is 0.765. The summed E-state index contributed by atoms with van der Waals surface area (Å²) in [5.41, 5.74) is 0.403. The molecular weight excluding hydrogens is 296 g/mol. The maximum absolute atomic E-state index is 12.7. The highest BCUT2D eigenvalue weighted by Crippen LogP contribution is 2.31. The standard InChI is InChI=1S/C17H26N2O4/c1-12(2)6-9-21-13-5-7-19(10-13)17(20)15-16(23-11-18-15)14-4-3-8-22-14/h11-14H,3-10H2,1-2H3/t13-,14-/m1/s1. The molecule has 0 aromatic carbocycles. The van der Waals surface area contributed by atoms with Gasteiger partial charge in [-0.2, -0.15) is 0 Å². The van der Waals surface area contributed by atoms with E-state index in [1.165, 1.54) is 6.39 Å². The number of hydrogen-bond donors (Lipinski definition) is 0. The van der Waals surface area contributed by atoms with Crippen LogP contribution in [-0.4, -0.2) is 48.2 Å². The first-order chi connectivity index (χ1) is 11.1. The fourth-order valence-corrected chi connectivity index (χ4v) is 3.10. The average molecular weight is 322 g/mol. The van der Waals surface area contributed by atoms with Crippen molar-refractivity contribution in [2.45, 2.75) is 51.7 Å². The van der Waals surface area contributed by atoms with Gasteiger partial charge in [-0.25, -0.2) is 4.98 Å². The highest BCUT2D eigenvalue weighted by molar-refractivity contribution is 5.93. The molecule has 0 unspecified atom stereocenters. The molecule has 1 amide bonds. The van der Waals surface area contributed by atoms with Crippen molar-refractivity contribution in [3.63, 3.8) is 0 Å². The Labute approximate surface area is 137 Å². The molecule has 2 aliphatic heterocycles. The number of amides is 1. The average Bonchev–Trinajstić information content (AvgIpc) is 3.26. The van der Waals surface area contributed by atoms with Crippen LogP contribution in [0.2, 0.25) is 0 Å². The van der Waals surface area contributed by atoms with Gasteiger partial charge in [0.15, 0.2) is 17.8 Å². The highest BCUT2D eigenvalue weighted by atomic mass is 16.5. The normalized spacial score (nSPS) is 24.7. The Morgan fingerprint density at radius 2 is 2.35 bits per heavy atom. The summed E-state index contributed by atoms with van der Waals surface area (Å²) >= 11 is 0. The van der Waals surface area contributed by atoms with Crippen LogP contribution in [0.1, 0.15) is 61.9 Å². The van der Waals surface area contributed by atoms with Crippen molar-refractivity contribution >= 4 is 5.91 Å². The molecule has 0 aliphatic carbocycles. The molecule has 0 N–H and O–H groups in total. The van der Waals surface area contributed by atoms with Gasteiger partial charge >= 0.3 is 0 Å². The molecule has 1 aromatic heterocycles. The Bertz CT molecular complexity index is 522. The Morgan fingerprint density at radius 1 is 1.48 bits per heavy atom. The van der Waals surface area contributed by atoms with E-state index in [1.54, 1.807) is 0 Å². The number of carbonyl (C=O) groups excluding carboxylic acids is 1. The lowest BCUT2D eigenvalue weighted by Gasteiger charge is -2.17. The predicted molar refractivity (Wildman–Crippen MR) is 84.1 cm³/mol. The summed E-state index contributed by atoms with van der Waals surface area (Å²) in [4.78, 5) is 18.7. The molecule has 0 spiro atoms. The van der Waals surface area contributed by atoms with Crippen molar-refractivity contribution in [3.05, 3.63) is 17.8 Å². The van der Waals surface area contributed by atoms with Crippen molar-refractivity contribution < 1.29 is 18.7 Å². The molecule has 0 bridgehead atoms. The van der Waals surface area contributed by atoms with Gasteiger partial charge in [0.25, 0.3) is 5.91 Å². The van der Waals surface area contributed by atoms with Crippen molar-refractivity contribution in [1.82, 2.24) is 9.88 Å². The van der Waals surface area contributed by atoms with Crippen LogP contribution in [0.5, 0.6) is 0 Å². The molecule has 2 fully saturated rings. The van der Waals surface area contributed by atoms with Gasteiger partial charge in [0.05, 0.1) is 6.10 Å². The number of ether oxygens (including phenoxy) is 2. The minimum Gasteiger partial charge on any atom is -0.445 e. The highest BCUT2D eigenvalue weighted by Gasteiger charge is 2.33. The molecule has 6 heteroatoms. The molecular formula is C17H26N2O4. The van der Waals surface area contributed by atoms with E-state index in [4.69, 9.17) is 13.9 Å². The quantitative estimate of drug-likeness (QED) is 0.806. The first kappa shape index (κ1) is 16.5. The maximum atomic E-state index is 12.7. The van der Waals surface area contributed by atoms with E-state index >= 15 is 0 Å². The van der Waals surface area contributed by atoms with Gasteiger partial charge in [0, 0.05) is 26.3 Å². The number of nitrogens with zero attached hydrogens (tertiary/aromatic N) is 2. The third-order valence-corrected chi connectivity index (χ3v) is 4.50. The van der Waals surface area contributed by atoms with Crippen LogP contribution in [-0.2, 0) is 9.47 Å². The second-order valence-corrected chi connectivity index (χ2v) is 6.78. The number of hydrogen-bond acceptors (Lipinski definition) is 5. The Morgan fingerprint density at radius 3 is 3.09 bits per heavy atom. The summed E-state index contributed by atoms with van der Waals surface area (Å²) in [6.07, 6.45) is 5.17. The Kier molecular flexibility index (Phi) is 5.33. The summed E-state index contributed by atoms with van der Waals surface area (Å²) in [6, 6.07) is 0. The van der Waals surface area contributed by atoms with Gasteiger partial charge in [-0.15, -0.1) is 0 Å². The predicted octanol–water partition coefficient (Wildman–Crippen LogP) is 2.80. The zero-order valence-electron chi connectivity index (χ0n) is 14.0. The lowest BCUT2D eigenvalue weighted by atomic mass is 10.1. The lowest BCUT2D eigenvalue weighted by molar-refractivity contribution is 0.0478. The molecule has 1 aromatic rings. The van der Waals surface area contributed by atoms with E-state index in [-0.39, 0.29) is 18.1 Å². The van der Waals surface area contributed by atoms with E-state index in [2.05, 4.69) is 18.8 Å². The van der Waals surface area contributed by atoms with Gasteiger partial charge in [-0.05, 0) is 31.6 Å². The molecule has 3 heterocycles. The summed E-state index contributed by atoms with van der Waals surface area (Å²) < 4.78 is 16.9. The maximum Gasteiger partial charge on any atom is 0.276 e. The van der Waals surface area contributed by atoms with Crippen LogP contribution in [0, 0.1) is 5.92 Å². The lowest BCUT2D eigenvalue weighted by Crippen LogP contribution is -2.31. The first-order valence-electron chi connectivity index (χ1n) is 8.61. The van der Waals surface area contributed by atoms with Gasteiger partial charge < -0.3 is 18.8 Å². The Hall–Kier alpha value is -1.40. The fourth-order valence-electron chi connectivity index (χ4n) is 3.10. The monoisotopic (exact) mass is 322 g/mol. The van der Waals surface area contributed by atoms with Crippen LogP contribution in [0.25, 0.3) is 0 Å². The van der Waals surface area contributed by atoms with E-state index in [0.29, 0.717) is 37.1 Å². The largest absolute Gasteiger partial charge is 0.445 e. The minimum atomic E-state index is -0.128. The van der Waals surface area contributed by atoms with Crippen molar-refractivity contribution in [2.75, 3.05) is 26.3 Å². The van der Waals surface area contributed by atoms with Crippen LogP contribution < -0.4 is 0 Å². The van der Waals surface area contributed by atoms with E-state index in [9.17, 15) is 4.79 Å². The number of carbonyl (C=O) groups is 1. The Balaban J connectivity index is 1.56.